The van der Waals surface area contributed by atoms with Gasteiger partial charge in [0.05, 0.1) is 21.3 Å². The average Bonchev–Trinajstić information content (AvgIpc) is 3.33. The first-order chi connectivity index (χ1) is 13.7. The zero-order valence-corrected chi connectivity index (χ0v) is 16.6. The predicted molar refractivity (Wildman–Crippen MR) is 106 cm³/mol. The lowest BCUT2D eigenvalue weighted by atomic mass is 10.1. The van der Waals surface area contributed by atoms with Crippen molar-refractivity contribution in [2.75, 3.05) is 34.4 Å². The quantitative estimate of drug-likeness (QED) is 0.794. The first-order valence-corrected chi connectivity index (χ1v) is 9.59. The Balaban J connectivity index is 1.72. The van der Waals surface area contributed by atoms with Crippen molar-refractivity contribution >= 4 is 5.91 Å². The van der Waals surface area contributed by atoms with Gasteiger partial charge in [0.15, 0.2) is 11.5 Å². The van der Waals surface area contributed by atoms with E-state index in [0.717, 1.165) is 25.1 Å². The van der Waals surface area contributed by atoms with Crippen LogP contribution in [-0.2, 0) is 0 Å². The highest BCUT2D eigenvalue weighted by atomic mass is 16.5. The fraction of sp³-hybridized carbons (Fsp3) is 0.409. The molecular formula is C22H26N2O4. The number of rotatable bonds is 5. The van der Waals surface area contributed by atoms with E-state index in [1.54, 1.807) is 33.5 Å². The van der Waals surface area contributed by atoms with Crippen molar-refractivity contribution in [3.63, 3.8) is 0 Å². The molecule has 2 aliphatic rings. The maximum Gasteiger partial charge on any atom is 0.255 e. The van der Waals surface area contributed by atoms with Crippen LogP contribution in [0.1, 0.15) is 34.9 Å². The molecule has 0 aromatic heterocycles. The van der Waals surface area contributed by atoms with Crippen LogP contribution in [0.2, 0.25) is 0 Å². The van der Waals surface area contributed by atoms with Crippen LogP contribution in [0.3, 0.4) is 0 Å². The average molecular weight is 382 g/mol. The molecule has 0 N–H and O–H groups in total. The Morgan fingerprint density at radius 1 is 1.00 bits per heavy atom. The maximum atomic E-state index is 13.5. The summed E-state index contributed by atoms with van der Waals surface area (Å²) in [5, 5.41) is 0. The number of carbonyl (C=O) groups is 1. The molecule has 2 atom stereocenters. The van der Waals surface area contributed by atoms with Gasteiger partial charge in [0.1, 0.15) is 6.17 Å². The second-order valence-electron chi connectivity index (χ2n) is 7.19. The molecule has 6 heteroatoms. The van der Waals surface area contributed by atoms with Gasteiger partial charge in [-0.15, -0.1) is 0 Å². The molecule has 2 saturated heterocycles. The van der Waals surface area contributed by atoms with Gasteiger partial charge in [-0.2, -0.15) is 0 Å². The summed E-state index contributed by atoms with van der Waals surface area (Å²) in [6.07, 6.45) is 2.27. The van der Waals surface area contributed by atoms with Gasteiger partial charge in [-0.25, -0.2) is 0 Å². The summed E-state index contributed by atoms with van der Waals surface area (Å²) >= 11 is 0. The van der Waals surface area contributed by atoms with Crippen LogP contribution in [-0.4, -0.2) is 56.2 Å². The molecule has 2 aliphatic heterocycles. The van der Waals surface area contributed by atoms with Crippen LogP contribution < -0.4 is 14.2 Å². The standard InChI is InChI=1S/C22H26N2O4/c1-26-18-12-16(13-19(27-2)20(18)28-3)22(25)24-14-17-10-7-11-23(17)21(24)15-8-5-4-6-9-15/h4-6,8-9,12-13,17,21H,7,10-11,14H2,1-3H3. The van der Waals surface area contributed by atoms with Crippen molar-refractivity contribution in [1.82, 2.24) is 9.80 Å². The van der Waals surface area contributed by atoms with E-state index in [9.17, 15) is 4.79 Å². The molecule has 2 unspecified atom stereocenters. The van der Waals surface area contributed by atoms with E-state index in [1.807, 2.05) is 23.1 Å². The largest absolute Gasteiger partial charge is 0.493 e. The molecule has 6 nitrogen and oxygen atoms in total. The van der Waals surface area contributed by atoms with E-state index < -0.39 is 0 Å². The fourth-order valence-corrected chi connectivity index (χ4v) is 4.44. The van der Waals surface area contributed by atoms with E-state index in [1.165, 1.54) is 6.42 Å². The predicted octanol–water partition coefficient (Wildman–Crippen LogP) is 3.33. The highest BCUT2D eigenvalue weighted by Gasteiger charge is 2.45. The molecule has 148 valence electrons. The van der Waals surface area contributed by atoms with Crippen molar-refractivity contribution in [2.24, 2.45) is 0 Å². The SMILES string of the molecule is COc1cc(C(=O)N2CC3CCCN3C2c2ccccc2)cc(OC)c1OC. The summed E-state index contributed by atoms with van der Waals surface area (Å²) in [6, 6.07) is 14.1. The molecule has 0 bridgehead atoms. The number of hydrogen-bond acceptors (Lipinski definition) is 5. The number of amides is 1. The molecule has 28 heavy (non-hydrogen) atoms. The Bertz CT molecular complexity index is 830. The van der Waals surface area contributed by atoms with Crippen molar-refractivity contribution in [2.45, 2.75) is 25.0 Å². The van der Waals surface area contributed by atoms with Gasteiger partial charge in [0, 0.05) is 24.7 Å². The van der Waals surface area contributed by atoms with Gasteiger partial charge in [-0.05, 0) is 30.5 Å². The number of fused-ring (bicyclic) bond motifs is 1. The molecule has 1 amide bonds. The van der Waals surface area contributed by atoms with Gasteiger partial charge in [-0.3, -0.25) is 9.69 Å². The number of benzene rings is 2. The first-order valence-electron chi connectivity index (χ1n) is 9.59. The van der Waals surface area contributed by atoms with Gasteiger partial charge >= 0.3 is 0 Å². The molecule has 4 rings (SSSR count). The first kappa shape index (κ1) is 18.6. The van der Waals surface area contributed by atoms with Crippen LogP contribution in [0, 0.1) is 0 Å². The summed E-state index contributed by atoms with van der Waals surface area (Å²) in [4.78, 5) is 18.0. The highest BCUT2D eigenvalue weighted by Crippen LogP contribution is 2.42. The molecule has 0 aliphatic carbocycles. The van der Waals surface area contributed by atoms with Crippen molar-refractivity contribution in [3.8, 4) is 17.2 Å². The second-order valence-corrected chi connectivity index (χ2v) is 7.19. The van der Waals surface area contributed by atoms with E-state index in [4.69, 9.17) is 14.2 Å². The van der Waals surface area contributed by atoms with Crippen LogP contribution in [0.15, 0.2) is 42.5 Å². The lowest BCUT2D eigenvalue weighted by molar-refractivity contribution is 0.0638. The third-order valence-corrected chi connectivity index (χ3v) is 5.71. The molecule has 2 aromatic carbocycles. The third-order valence-electron chi connectivity index (χ3n) is 5.71. The lowest BCUT2D eigenvalue weighted by Crippen LogP contribution is -2.35. The second kappa shape index (κ2) is 7.72. The Labute approximate surface area is 165 Å². The lowest BCUT2D eigenvalue weighted by Gasteiger charge is -2.30. The van der Waals surface area contributed by atoms with E-state index in [0.29, 0.717) is 28.9 Å². The minimum absolute atomic E-state index is 0.0255. The Kier molecular flexibility index (Phi) is 5.13. The van der Waals surface area contributed by atoms with Gasteiger partial charge in [0.2, 0.25) is 5.75 Å². The zero-order valence-electron chi connectivity index (χ0n) is 16.6. The fourth-order valence-electron chi connectivity index (χ4n) is 4.44. The Hall–Kier alpha value is -2.73. The Morgan fingerprint density at radius 3 is 2.29 bits per heavy atom. The molecule has 0 spiro atoms. The van der Waals surface area contributed by atoms with Crippen LogP contribution in [0.5, 0.6) is 17.2 Å². The maximum absolute atomic E-state index is 13.5. The zero-order chi connectivity index (χ0) is 19.7. The van der Waals surface area contributed by atoms with Gasteiger partial charge in [-0.1, -0.05) is 30.3 Å². The number of methoxy groups -OCH3 is 3. The highest BCUT2D eigenvalue weighted by molar-refractivity contribution is 5.96. The number of nitrogens with zero attached hydrogens (tertiary/aromatic N) is 2. The van der Waals surface area contributed by atoms with Gasteiger partial charge < -0.3 is 19.1 Å². The summed E-state index contributed by atoms with van der Waals surface area (Å²) in [5.74, 6) is 1.44. The molecule has 2 heterocycles. The molecule has 0 saturated carbocycles. The number of ether oxygens (including phenoxy) is 3. The van der Waals surface area contributed by atoms with Crippen molar-refractivity contribution in [3.05, 3.63) is 53.6 Å². The molecule has 2 fully saturated rings. The summed E-state index contributed by atoms with van der Waals surface area (Å²) in [5.41, 5.74) is 1.68. The van der Waals surface area contributed by atoms with E-state index in [-0.39, 0.29) is 12.1 Å². The number of carbonyl (C=O) groups excluding carboxylic acids is 1. The van der Waals surface area contributed by atoms with E-state index in [2.05, 4.69) is 17.0 Å². The smallest absolute Gasteiger partial charge is 0.255 e. The van der Waals surface area contributed by atoms with Crippen molar-refractivity contribution in [1.29, 1.82) is 0 Å². The van der Waals surface area contributed by atoms with E-state index >= 15 is 0 Å². The Morgan fingerprint density at radius 2 is 1.68 bits per heavy atom. The minimum atomic E-state index is -0.0414. The molecule has 0 radical (unpaired) electrons. The normalized spacial score (nSPS) is 21.5. The van der Waals surface area contributed by atoms with Crippen LogP contribution in [0.4, 0.5) is 0 Å². The monoisotopic (exact) mass is 382 g/mol. The van der Waals surface area contributed by atoms with Crippen LogP contribution in [0.25, 0.3) is 0 Å². The van der Waals surface area contributed by atoms with Crippen molar-refractivity contribution < 1.29 is 19.0 Å². The summed E-state index contributed by atoms with van der Waals surface area (Å²) < 4.78 is 16.3. The number of hydrogen-bond donors (Lipinski definition) is 0. The topological polar surface area (TPSA) is 51.2 Å². The molecule has 2 aromatic rings. The van der Waals surface area contributed by atoms with Crippen LogP contribution >= 0.6 is 0 Å². The summed E-state index contributed by atoms with van der Waals surface area (Å²) in [6.45, 7) is 1.75. The third kappa shape index (κ3) is 3.07. The van der Waals surface area contributed by atoms with Gasteiger partial charge in [0.25, 0.3) is 5.91 Å². The summed E-state index contributed by atoms with van der Waals surface area (Å²) in [7, 11) is 4.68. The molecular weight excluding hydrogens is 356 g/mol. The minimum Gasteiger partial charge on any atom is -0.493 e.